The predicted octanol–water partition coefficient (Wildman–Crippen LogP) is 9.60. The maximum Gasteiger partial charge on any atom is 0.335 e. The van der Waals surface area contributed by atoms with Gasteiger partial charge in [-0.1, -0.05) is 31.2 Å². The minimum Gasteiger partial charge on any atom is -0.495 e. The monoisotopic (exact) mass is 1210 g/mol. The molecule has 5 N–H and O–H groups in total. The smallest absolute Gasteiger partial charge is 0.335 e. The summed E-state index contributed by atoms with van der Waals surface area (Å²) in [7, 11) is -7.69. The van der Waals surface area contributed by atoms with Gasteiger partial charge in [-0.05, 0) is 124 Å². The highest BCUT2D eigenvalue weighted by Gasteiger charge is 2.20. The van der Waals surface area contributed by atoms with Crippen LogP contribution in [0.3, 0.4) is 0 Å². The van der Waals surface area contributed by atoms with Crippen LogP contribution in [0.25, 0.3) is 0 Å². The molecule has 20 nitrogen and oxygen atoms in total. The van der Waals surface area contributed by atoms with Crippen molar-refractivity contribution in [3.63, 3.8) is 0 Å². The molecule has 0 aliphatic rings. The van der Waals surface area contributed by atoms with Crippen LogP contribution in [0.1, 0.15) is 64.0 Å². The topological polar surface area (TPSA) is 294 Å². The highest BCUT2D eigenvalue weighted by atomic mass is 127. The average Bonchev–Trinajstić information content (AvgIpc) is 3.31. The van der Waals surface area contributed by atoms with E-state index >= 15 is 0 Å². The lowest BCUT2D eigenvalue weighted by molar-refractivity contribution is 0.0696. The summed E-state index contributed by atoms with van der Waals surface area (Å²) < 4.78 is 84.9. The highest BCUT2D eigenvalue weighted by Crippen LogP contribution is 2.36. The molecule has 69 heavy (non-hydrogen) atoms. The van der Waals surface area contributed by atoms with Gasteiger partial charge >= 0.3 is 5.97 Å². The number of aliphatic hydroxyl groups excluding tert-OH is 1. The van der Waals surface area contributed by atoms with E-state index in [0.717, 1.165) is 32.7 Å². The van der Waals surface area contributed by atoms with Crippen LogP contribution in [-0.2, 0) is 46.2 Å². The van der Waals surface area contributed by atoms with Gasteiger partial charge in [-0.2, -0.15) is 37.0 Å². The van der Waals surface area contributed by atoms with E-state index < -0.39 is 36.9 Å². The zero-order valence-electron chi connectivity index (χ0n) is 36.8. The number of methoxy groups -OCH3 is 1. The van der Waals surface area contributed by atoms with Crippen molar-refractivity contribution in [2.75, 3.05) is 31.4 Å². The van der Waals surface area contributed by atoms with Crippen LogP contribution in [0.2, 0.25) is 0 Å². The molecule has 24 heteroatoms. The SMILES string of the molecule is CCCOc1cc(N=Nc2ccc(CO)cc2)c(I)cc1Cc1nc(Cc2cc(I)c(N=Nc3ccc(OC)c(S(=O)(=O)O)c3)cc2OCCCS(=O)(=O)O)nc(NCc2ccc(C(=O)O)cc2)n1. The molecule has 0 spiro atoms. The fraction of sp³-hybridized carbons (Fsp3) is 0.244. The molecule has 0 unspecified atom stereocenters. The van der Waals surface area contributed by atoms with E-state index in [4.69, 9.17) is 29.2 Å². The van der Waals surface area contributed by atoms with Crippen molar-refractivity contribution in [1.82, 2.24) is 15.0 Å². The number of carboxylic acid groups (broad SMARTS) is 1. The number of rotatable bonds is 23. The Kier molecular flexibility index (Phi) is 18.4. The van der Waals surface area contributed by atoms with Crippen molar-refractivity contribution in [1.29, 1.82) is 0 Å². The summed E-state index contributed by atoms with van der Waals surface area (Å²) in [5.74, 6) is -0.0346. The number of nitrogens with zero attached hydrogens (tertiary/aromatic N) is 7. The van der Waals surface area contributed by atoms with Gasteiger partial charge in [0.05, 0.1) is 49.6 Å². The van der Waals surface area contributed by atoms with Gasteiger partial charge in [0.15, 0.2) is 0 Å². The molecular formula is C45H44I2N8O12S2. The van der Waals surface area contributed by atoms with Gasteiger partial charge in [0.2, 0.25) is 5.95 Å². The molecule has 0 radical (unpaired) electrons. The summed E-state index contributed by atoms with van der Waals surface area (Å²) in [6, 6.07) is 24.3. The lowest BCUT2D eigenvalue weighted by Gasteiger charge is -2.15. The van der Waals surface area contributed by atoms with Crippen LogP contribution in [0.15, 0.2) is 116 Å². The van der Waals surface area contributed by atoms with Gasteiger partial charge in [-0.3, -0.25) is 9.11 Å². The molecule has 0 bridgehead atoms. The molecule has 0 atom stereocenters. The van der Waals surface area contributed by atoms with Crippen LogP contribution < -0.4 is 19.5 Å². The van der Waals surface area contributed by atoms with E-state index in [9.17, 15) is 40.9 Å². The first kappa shape index (κ1) is 52.6. The van der Waals surface area contributed by atoms with Gasteiger partial charge in [0.1, 0.15) is 45.2 Å². The first-order chi connectivity index (χ1) is 32.9. The molecule has 1 aromatic heterocycles. The Morgan fingerprint density at radius 2 is 1.25 bits per heavy atom. The Morgan fingerprint density at radius 3 is 1.77 bits per heavy atom. The zero-order chi connectivity index (χ0) is 49.7. The lowest BCUT2D eigenvalue weighted by atomic mass is 10.1. The van der Waals surface area contributed by atoms with Crippen molar-refractivity contribution in [2.45, 2.75) is 50.7 Å². The summed E-state index contributed by atoms with van der Waals surface area (Å²) in [4.78, 5) is 25.4. The van der Waals surface area contributed by atoms with Crippen LogP contribution in [0.5, 0.6) is 17.2 Å². The molecule has 0 amide bonds. The van der Waals surface area contributed by atoms with E-state index in [2.05, 4.69) is 48.4 Å². The first-order valence-corrected chi connectivity index (χ1v) is 26.0. The zero-order valence-corrected chi connectivity index (χ0v) is 42.7. The van der Waals surface area contributed by atoms with E-state index in [1.54, 1.807) is 54.6 Å². The number of hydrogen-bond donors (Lipinski definition) is 5. The van der Waals surface area contributed by atoms with Gasteiger partial charge < -0.3 is 29.7 Å². The number of aliphatic hydroxyl groups is 1. The number of nitrogens with one attached hydrogen (secondary N) is 1. The second-order valence-corrected chi connectivity index (χ2v) is 20.2. The Morgan fingerprint density at radius 1 is 0.696 bits per heavy atom. The van der Waals surface area contributed by atoms with Crippen LogP contribution in [0, 0.1) is 7.14 Å². The van der Waals surface area contributed by atoms with Crippen molar-refractivity contribution >= 4 is 100 Å². The first-order valence-electron chi connectivity index (χ1n) is 20.8. The maximum absolute atomic E-state index is 12.0. The number of ether oxygens (including phenoxy) is 3. The Balaban J connectivity index is 1.37. The van der Waals surface area contributed by atoms with Crippen LogP contribution >= 0.6 is 45.2 Å². The third-order valence-corrected chi connectivity index (χ3v) is 13.1. The predicted molar refractivity (Wildman–Crippen MR) is 270 cm³/mol. The number of carbonyl (C=O) groups is 1. The number of benzene rings is 5. The Labute approximate surface area is 424 Å². The van der Waals surface area contributed by atoms with Gasteiger partial charge in [0, 0.05) is 49.8 Å². The molecule has 0 aliphatic heterocycles. The second kappa shape index (κ2) is 24.2. The van der Waals surface area contributed by atoms with E-state index in [-0.39, 0.29) is 73.4 Å². The number of hydrogen-bond acceptors (Lipinski definition) is 17. The van der Waals surface area contributed by atoms with Crippen molar-refractivity contribution < 1.29 is 55.2 Å². The standard InChI is InChI=1S/C45H44I2N8O12S2/c1-3-15-66-39-23-36(54-52-32-11-7-28(26-56)8-12-32)34(46)18-30(39)20-42-49-43(51-45(50-42)48-25-27-5-9-29(10-6-27)44(57)58)21-31-19-35(47)37(24-40(31)67-16-4-17-68(59,60)61)55-53-33-13-14-38(65-2)41(22-33)69(62,63)64/h5-14,18-19,22-24,56H,3-4,15-17,20-21,25-26H2,1-2H3,(H,57,58)(H,59,60,61)(H,62,63,64)(H,48,49,50,51). The van der Waals surface area contributed by atoms with E-state index in [0.29, 0.717) is 44.5 Å². The number of aromatic carboxylic acids is 1. The molecule has 5 aromatic carbocycles. The number of carboxylic acids is 1. The van der Waals surface area contributed by atoms with Gasteiger partial charge in [-0.25, -0.2) is 9.78 Å². The Bertz CT molecular complexity index is 3090. The number of halogens is 2. The largest absolute Gasteiger partial charge is 0.495 e. The minimum absolute atomic E-state index is 0.0537. The van der Waals surface area contributed by atoms with Crippen molar-refractivity contribution in [2.24, 2.45) is 20.5 Å². The molecule has 0 saturated heterocycles. The van der Waals surface area contributed by atoms with E-state index in [1.165, 1.54) is 31.4 Å². The van der Waals surface area contributed by atoms with Crippen LogP contribution in [0.4, 0.5) is 28.7 Å². The molecule has 0 saturated carbocycles. The normalized spacial score (nSPS) is 11.9. The quantitative estimate of drug-likeness (QED) is 0.0173. The molecule has 0 aliphatic carbocycles. The molecule has 0 fully saturated rings. The summed E-state index contributed by atoms with van der Waals surface area (Å²) in [6.45, 7) is 2.42. The lowest BCUT2D eigenvalue weighted by Crippen LogP contribution is -2.12. The average molecular weight is 1210 g/mol. The minimum atomic E-state index is -4.66. The molecular weight excluding hydrogens is 1160 g/mol. The summed E-state index contributed by atoms with van der Waals surface area (Å²) >= 11 is 4.22. The second-order valence-electron chi connectivity index (χ2n) is 14.9. The third-order valence-electron chi connectivity index (χ3n) is 9.69. The van der Waals surface area contributed by atoms with Crippen molar-refractivity contribution in [3.05, 3.63) is 138 Å². The third kappa shape index (κ3) is 15.6. The van der Waals surface area contributed by atoms with E-state index in [1.807, 2.05) is 35.6 Å². The highest BCUT2D eigenvalue weighted by molar-refractivity contribution is 14.1. The maximum atomic E-state index is 12.0. The molecule has 6 rings (SSSR count). The molecule has 362 valence electrons. The number of azo groups is 2. The van der Waals surface area contributed by atoms with Crippen molar-refractivity contribution in [3.8, 4) is 17.2 Å². The molecule has 6 aromatic rings. The summed E-state index contributed by atoms with van der Waals surface area (Å²) in [5, 5.41) is 39.4. The number of aromatic nitrogens is 3. The molecule has 1 heterocycles. The fourth-order valence-electron chi connectivity index (χ4n) is 6.31. The van der Waals surface area contributed by atoms with Gasteiger partial charge in [-0.15, -0.1) is 10.2 Å². The number of anilines is 1. The van der Waals surface area contributed by atoms with Gasteiger partial charge in [0.25, 0.3) is 20.2 Å². The Hall–Kier alpha value is -5.78. The summed E-state index contributed by atoms with van der Waals surface area (Å²) in [5.41, 5.74) is 4.48. The fourth-order valence-corrected chi connectivity index (χ4v) is 8.75. The summed E-state index contributed by atoms with van der Waals surface area (Å²) in [6.07, 6.45) is 0.922. The van der Waals surface area contributed by atoms with Crippen LogP contribution in [-0.4, -0.2) is 83.2 Å².